The molecule has 0 radical (unpaired) electrons. The minimum atomic E-state index is 0.226. The van der Waals surface area contributed by atoms with Gasteiger partial charge in [-0.25, -0.2) is 25.5 Å². The van der Waals surface area contributed by atoms with Crippen molar-refractivity contribution in [2.75, 3.05) is 65.0 Å². The van der Waals surface area contributed by atoms with E-state index in [-0.39, 0.29) is 5.82 Å². The summed E-state index contributed by atoms with van der Waals surface area (Å²) in [4.78, 5) is 20.4. The first kappa shape index (κ1) is 27.5. The molecule has 3 aromatic rings. The lowest BCUT2D eigenvalue weighted by atomic mass is 9.98. The molecule has 0 unspecified atom stereocenters. The summed E-state index contributed by atoms with van der Waals surface area (Å²) in [5.41, 5.74) is 11.1. The van der Waals surface area contributed by atoms with Crippen LogP contribution < -0.4 is 10.1 Å². The average Bonchev–Trinajstić information content (AvgIpc) is 3.49. The van der Waals surface area contributed by atoms with Crippen molar-refractivity contribution >= 4 is 17.2 Å². The Hall–Kier alpha value is -4.07. The number of methoxy groups -OCH3 is 1. The second kappa shape index (κ2) is 13.8. The van der Waals surface area contributed by atoms with Crippen molar-refractivity contribution in [3.05, 3.63) is 54.5 Å². The van der Waals surface area contributed by atoms with Crippen LogP contribution in [-0.2, 0) is 16.0 Å². The maximum atomic E-state index is 7.51. The highest BCUT2D eigenvalue weighted by Crippen LogP contribution is 2.27. The number of anilines is 1. The van der Waals surface area contributed by atoms with Crippen molar-refractivity contribution in [2.45, 2.75) is 19.4 Å². The van der Waals surface area contributed by atoms with Gasteiger partial charge in [0.1, 0.15) is 6.61 Å². The molecule has 13 nitrogen and oxygen atoms in total. The van der Waals surface area contributed by atoms with Gasteiger partial charge in [-0.15, -0.1) is 5.11 Å². The number of hydrogen-bond acceptors (Lipinski definition) is 12. The van der Waals surface area contributed by atoms with Gasteiger partial charge in [0, 0.05) is 45.0 Å². The Balaban J connectivity index is 1.18. The van der Waals surface area contributed by atoms with Gasteiger partial charge >= 0.3 is 0 Å². The Kier molecular flexibility index (Phi) is 9.50. The smallest absolute Gasteiger partial charge is 0.216 e. The SMILES string of the molecule is COCCn1cc(-c2cnc(N=N)c(NCC3=CCCC(c4ncc(OCCN5CCOCC5)cn4)=C3)n2)cn1. The molecule has 3 aromatic heterocycles. The van der Waals surface area contributed by atoms with Gasteiger partial charge in [0.15, 0.2) is 17.4 Å². The van der Waals surface area contributed by atoms with E-state index in [1.165, 1.54) is 0 Å². The molecule has 0 bridgehead atoms. The van der Waals surface area contributed by atoms with Crippen LogP contribution in [0.2, 0.25) is 0 Å². The zero-order valence-corrected chi connectivity index (χ0v) is 22.6. The summed E-state index contributed by atoms with van der Waals surface area (Å²) >= 11 is 0. The fourth-order valence-electron chi connectivity index (χ4n) is 4.45. The van der Waals surface area contributed by atoms with Gasteiger partial charge in [0.2, 0.25) is 5.82 Å². The number of rotatable bonds is 13. The van der Waals surface area contributed by atoms with Crippen LogP contribution in [0.1, 0.15) is 18.7 Å². The fourth-order valence-corrected chi connectivity index (χ4v) is 4.45. The maximum Gasteiger partial charge on any atom is 0.216 e. The van der Waals surface area contributed by atoms with E-state index >= 15 is 0 Å². The Morgan fingerprint density at radius 1 is 1.07 bits per heavy atom. The summed E-state index contributed by atoms with van der Waals surface area (Å²) in [5.74, 6) is 2.03. The van der Waals surface area contributed by atoms with Gasteiger partial charge < -0.3 is 19.5 Å². The fraction of sp³-hybridized carbons (Fsp3) is 0.444. The number of morpholine rings is 1. The molecule has 1 fully saturated rings. The second-order valence-corrected chi connectivity index (χ2v) is 9.41. The molecular weight excluding hydrogens is 512 g/mol. The van der Waals surface area contributed by atoms with Gasteiger partial charge in [0.05, 0.1) is 56.8 Å². The van der Waals surface area contributed by atoms with E-state index in [4.69, 9.17) is 19.7 Å². The van der Waals surface area contributed by atoms with Crippen molar-refractivity contribution in [1.29, 1.82) is 5.53 Å². The molecule has 1 saturated heterocycles. The van der Waals surface area contributed by atoms with Gasteiger partial charge in [-0.3, -0.25) is 9.58 Å². The molecule has 4 heterocycles. The van der Waals surface area contributed by atoms with Crippen LogP contribution in [0.4, 0.5) is 11.6 Å². The van der Waals surface area contributed by atoms with Gasteiger partial charge in [-0.2, -0.15) is 5.10 Å². The van der Waals surface area contributed by atoms with Gasteiger partial charge in [-0.05, 0) is 24.0 Å². The van der Waals surface area contributed by atoms with E-state index in [0.717, 1.165) is 62.4 Å². The minimum Gasteiger partial charge on any atom is -0.489 e. The first-order chi connectivity index (χ1) is 19.7. The van der Waals surface area contributed by atoms with Crippen LogP contribution in [0, 0.1) is 5.53 Å². The molecule has 1 aliphatic carbocycles. The first-order valence-electron chi connectivity index (χ1n) is 13.4. The van der Waals surface area contributed by atoms with Crippen molar-refractivity contribution in [2.24, 2.45) is 5.11 Å². The molecular formula is C27H34N10O3. The van der Waals surface area contributed by atoms with E-state index in [0.29, 0.717) is 49.4 Å². The molecule has 0 amide bonds. The van der Waals surface area contributed by atoms with Crippen LogP contribution in [0.3, 0.4) is 0 Å². The van der Waals surface area contributed by atoms with Crippen LogP contribution in [-0.4, -0.2) is 94.3 Å². The molecule has 0 atom stereocenters. The predicted octanol–water partition coefficient (Wildman–Crippen LogP) is 3.37. The third kappa shape index (κ3) is 7.31. The second-order valence-electron chi connectivity index (χ2n) is 9.41. The van der Waals surface area contributed by atoms with Crippen molar-refractivity contribution < 1.29 is 14.2 Å². The summed E-state index contributed by atoms with van der Waals surface area (Å²) in [7, 11) is 1.66. The predicted molar refractivity (Wildman–Crippen MR) is 149 cm³/mol. The summed E-state index contributed by atoms with van der Waals surface area (Å²) in [5, 5.41) is 11.2. The highest BCUT2D eigenvalue weighted by molar-refractivity contribution is 5.67. The van der Waals surface area contributed by atoms with E-state index in [2.05, 4.69) is 52.5 Å². The number of aromatic nitrogens is 6. The molecule has 13 heteroatoms. The molecule has 40 heavy (non-hydrogen) atoms. The van der Waals surface area contributed by atoms with Crippen LogP contribution >= 0.6 is 0 Å². The summed E-state index contributed by atoms with van der Waals surface area (Å²) < 4.78 is 18.1. The largest absolute Gasteiger partial charge is 0.489 e. The van der Waals surface area contributed by atoms with E-state index in [1.807, 2.05) is 6.20 Å². The lowest BCUT2D eigenvalue weighted by molar-refractivity contribution is 0.0322. The Bertz CT molecular complexity index is 1330. The highest BCUT2D eigenvalue weighted by atomic mass is 16.5. The van der Waals surface area contributed by atoms with Crippen LogP contribution in [0.5, 0.6) is 5.75 Å². The molecule has 210 valence electrons. The Morgan fingerprint density at radius 2 is 1.93 bits per heavy atom. The zero-order chi connectivity index (χ0) is 27.6. The lowest BCUT2D eigenvalue weighted by Gasteiger charge is -2.26. The lowest BCUT2D eigenvalue weighted by Crippen LogP contribution is -2.38. The quantitative estimate of drug-likeness (QED) is 0.306. The van der Waals surface area contributed by atoms with Crippen molar-refractivity contribution in [1.82, 2.24) is 34.6 Å². The monoisotopic (exact) mass is 546 g/mol. The maximum absolute atomic E-state index is 7.51. The number of allylic oxidation sites excluding steroid dienone is 2. The molecule has 2 N–H and O–H groups in total. The number of ether oxygens (including phenoxy) is 3. The van der Waals surface area contributed by atoms with E-state index < -0.39 is 0 Å². The molecule has 0 spiro atoms. The molecule has 0 saturated carbocycles. The summed E-state index contributed by atoms with van der Waals surface area (Å²) in [6.07, 6.45) is 14.7. The van der Waals surface area contributed by atoms with Gasteiger partial charge in [0.25, 0.3) is 0 Å². The third-order valence-corrected chi connectivity index (χ3v) is 6.65. The summed E-state index contributed by atoms with van der Waals surface area (Å²) in [6, 6.07) is 0. The third-order valence-electron chi connectivity index (χ3n) is 6.65. The number of nitrogens with zero attached hydrogens (tertiary/aromatic N) is 8. The molecule has 5 rings (SSSR count). The van der Waals surface area contributed by atoms with Crippen molar-refractivity contribution in [3.63, 3.8) is 0 Å². The van der Waals surface area contributed by atoms with E-state index in [9.17, 15) is 0 Å². The number of nitrogens with one attached hydrogen (secondary N) is 2. The Morgan fingerprint density at radius 3 is 2.73 bits per heavy atom. The standard InChI is InChI=1S/C27H34N10O3/c1-38-9-8-37-19-22(15-33-37)24-18-32-27(35-28)26(34-24)29-14-20-3-2-4-21(13-20)25-30-16-23(17-31-25)40-12-7-36-5-10-39-11-6-36/h3,13,15-19,28H,2,4-12,14H2,1H3,(H,29,34). The Labute approximate surface area is 232 Å². The van der Waals surface area contributed by atoms with Gasteiger partial charge in [-0.1, -0.05) is 12.2 Å². The topological polar surface area (TPSA) is 149 Å². The first-order valence-corrected chi connectivity index (χ1v) is 13.4. The van der Waals surface area contributed by atoms with Crippen molar-refractivity contribution in [3.8, 4) is 17.0 Å². The average molecular weight is 547 g/mol. The molecule has 2 aliphatic rings. The molecule has 1 aliphatic heterocycles. The van der Waals surface area contributed by atoms with E-state index in [1.54, 1.807) is 36.6 Å². The zero-order valence-electron chi connectivity index (χ0n) is 22.6. The van der Waals surface area contributed by atoms with Crippen LogP contribution in [0.15, 0.2) is 53.8 Å². The minimum absolute atomic E-state index is 0.226. The van der Waals surface area contributed by atoms with Crippen LogP contribution in [0.25, 0.3) is 16.8 Å². The highest BCUT2D eigenvalue weighted by Gasteiger charge is 2.14. The molecule has 0 aromatic carbocycles. The normalized spacial score (nSPS) is 15.8. The number of hydrogen-bond donors (Lipinski definition) is 2. The summed E-state index contributed by atoms with van der Waals surface area (Å²) in [6.45, 7) is 6.61.